The van der Waals surface area contributed by atoms with Crippen LogP contribution < -0.4 is 4.72 Å². The molecule has 1 aliphatic rings. The highest BCUT2D eigenvalue weighted by Crippen LogP contribution is 2.29. The molecule has 0 saturated carbocycles. The maximum atomic E-state index is 12.8. The molecule has 0 atom stereocenters. The zero-order valence-electron chi connectivity index (χ0n) is 17.6. The first-order valence-corrected chi connectivity index (χ1v) is 11.6. The van der Waals surface area contributed by atoms with Crippen molar-refractivity contribution < 1.29 is 22.4 Å². The van der Waals surface area contributed by atoms with Crippen molar-refractivity contribution in [2.24, 2.45) is 0 Å². The molecule has 0 bridgehead atoms. The Balaban J connectivity index is 1.78. The summed E-state index contributed by atoms with van der Waals surface area (Å²) in [5.74, 6) is 0.309. The maximum Gasteiger partial charge on any atom is 0.257 e. The van der Waals surface area contributed by atoms with E-state index in [-0.39, 0.29) is 22.3 Å². The van der Waals surface area contributed by atoms with E-state index in [1.165, 1.54) is 12.3 Å². The van der Waals surface area contributed by atoms with E-state index in [4.69, 9.17) is 9.15 Å². The van der Waals surface area contributed by atoms with Crippen molar-refractivity contribution in [2.75, 3.05) is 52.5 Å². The average Bonchev–Trinajstić information content (AvgIpc) is 3.38. The third-order valence-corrected chi connectivity index (χ3v) is 6.76. The Labute approximate surface area is 176 Å². The van der Waals surface area contributed by atoms with E-state index in [2.05, 4.69) is 19.8 Å². The topological polar surface area (TPSA) is 121 Å². The molecule has 0 aromatic carbocycles. The van der Waals surface area contributed by atoms with Gasteiger partial charge in [0.25, 0.3) is 5.91 Å². The Hall–Kier alpha value is -2.21. The van der Waals surface area contributed by atoms with Gasteiger partial charge in [0, 0.05) is 32.2 Å². The highest BCUT2D eigenvalue weighted by Gasteiger charge is 2.27. The van der Waals surface area contributed by atoms with Crippen LogP contribution in [0.5, 0.6) is 0 Å². The number of hydrogen-bond acceptors (Lipinski definition) is 7. The maximum absolute atomic E-state index is 12.8. The summed E-state index contributed by atoms with van der Waals surface area (Å²) in [7, 11) is -3.74. The zero-order chi connectivity index (χ0) is 21.7. The Morgan fingerprint density at radius 3 is 2.67 bits per heavy atom. The summed E-state index contributed by atoms with van der Waals surface area (Å²) in [6.45, 7) is 10.2. The molecule has 1 fully saturated rings. The molecule has 2 aromatic rings. The number of aromatic nitrogens is 2. The quantitative estimate of drug-likeness (QED) is 0.599. The molecule has 1 aliphatic heterocycles. The highest BCUT2D eigenvalue weighted by molar-refractivity contribution is 7.89. The van der Waals surface area contributed by atoms with Crippen molar-refractivity contribution in [2.45, 2.75) is 25.7 Å². The second-order valence-corrected chi connectivity index (χ2v) is 8.75. The van der Waals surface area contributed by atoms with Gasteiger partial charge < -0.3 is 19.0 Å². The molecule has 3 heterocycles. The first-order chi connectivity index (χ1) is 14.4. The fourth-order valence-corrected chi connectivity index (χ4v) is 4.58. The Bertz CT molecular complexity index is 958. The van der Waals surface area contributed by atoms with Gasteiger partial charge in [-0.3, -0.25) is 9.89 Å². The number of aryl methyl sites for hydroxylation is 1. The summed E-state index contributed by atoms with van der Waals surface area (Å²) in [4.78, 5) is 16.7. The van der Waals surface area contributed by atoms with E-state index in [9.17, 15) is 13.2 Å². The van der Waals surface area contributed by atoms with Crippen molar-refractivity contribution in [1.82, 2.24) is 24.7 Å². The number of morpholine rings is 1. The number of rotatable bonds is 9. The molecule has 2 aromatic heterocycles. The highest BCUT2D eigenvalue weighted by atomic mass is 32.2. The molecule has 2 N–H and O–H groups in total. The molecule has 0 radical (unpaired) electrons. The van der Waals surface area contributed by atoms with Gasteiger partial charge in [0.1, 0.15) is 16.3 Å². The van der Waals surface area contributed by atoms with E-state index in [1.807, 2.05) is 13.8 Å². The van der Waals surface area contributed by atoms with Gasteiger partial charge in [0.15, 0.2) is 5.76 Å². The van der Waals surface area contributed by atoms with E-state index < -0.39 is 10.0 Å². The Kier molecular flexibility index (Phi) is 7.29. The lowest BCUT2D eigenvalue weighted by atomic mass is 10.2. The van der Waals surface area contributed by atoms with Crippen molar-refractivity contribution in [3.05, 3.63) is 23.6 Å². The van der Waals surface area contributed by atoms with Crippen LogP contribution in [-0.2, 0) is 14.8 Å². The lowest BCUT2D eigenvalue weighted by Crippen LogP contribution is -2.40. The molecule has 0 aliphatic carbocycles. The van der Waals surface area contributed by atoms with Gasteiger partial charge >= 0.3 is 0 Å². The summed E-state index contributed by atoms with van der Waals surface area (Å²) < 4.78 is 39.1. The van der Waals surface area contributed by atoms with Crippen LogP contribution in [0.25, 0.3) is 11.5 Å². The first kappa shape index (κ1) is 22.5. The number of nitrogens with zero attached hydrogens (tertiary/aromatic N) is 3. The van der Waals surface area contributed by atoms with Crippen LogP contribution in [0.2, 0.25) is 0 Å². The van der Waals surface area contributed by atoms with Gasteiger partial charge in [-0.25, -0.2) is 13.1 Å². The number of aromatic amines is 1. The standard InChI is InChI=1S/C19H29N5O5S/c1-4-23(5-2)7-6-21-30(26,27)17-12-16(29-14(17)3)18-15(13-20-22-18)19(25)24-8-10-28-11-9-24/h12-13,21H,4-11H2,1-3H3,(H,20,22). The molecule has 1 saturated heterocycles. The molecule has 0 spiro atoms. The summed E-state index contributed by atoms with van der Waals surface area (Å²) in [5, 5.41) is 6.73. The summed E-state index contributed by atoms with van der Waals surface area (Å²) in [6, 6.07) is 1.43. The van der Waals surface area contributed by atoms with Gasteiger partial charge in [0.05, 0.1) is 25.0 Å². The molecule has 11 heteroatoms. The van der Waals surface area contributed by atoms with Crippen LogP contribution in [0.3, 0.4) is 0 Å². The minimum Gasteiger partial charge on any atom is -0.458 e. The van der Waals surface area contributed by atoms with Crippen molar-refractivity contribution in [3.8, 4) is 11.5 Å². The van der Waals surface area contributed by atoms with Crippen molar-refractivity contribution >= 4 is 15.9 Å². The van der Waals surface area contributed by atoms with Gasteiger partial charge in [-0.2, -0.15) is 5.10 Å². The predicted octanol–water partition coefficient (Wildman–Crippen LogP) is 1.07. The van der Waals surface area contributed by atoms with E-state index in [0.29, 0.717) is 50.7 Å². The Morgan fingerprint density at radius 2 is 2.00 bits per heavy atom. The molecular formula is C19H29N5O5S. The van der Waals surface area contributed by atoms with E-state index in [1.54, 1.807) is 11.8 Å². The monoisotopic (exact) mass is 439 g/mol. The van der Waals surface area contributed by atoms with Crippen LogP contribution in [-0.4, -0.2) is 86.8 Å². The van der Waals surface area contributed by atoms with Crippen LogP contribution in [0.1, 0.15) is 30.0 Å². The number of hydrogen-bond donors (Lipinski definition) is 2. The third kappa shape index (κ3) is 4.91. The van der Waals surface area contributed by atoms with E-state index in [0.717, 1.165) is 13.1 Å². The number of furan rings is 1. The lowest BCUT2D eigenvalue weighted by Gasteiger charge is -2.26. The van der Waals surface area contributed by atoms with Gasteiger partial charge in [-0.05, 0) is 20.0 Å². The van der Waals surface area contributed by atoms with Gasteiger partial charge in [-0.15, -0.1) is 0 Å². The molecule has 30 heavy (non-hydrogen) atoms. The van der Waals surface area contributed by atoms with Crippen molar-refractivity contribution in [1.29, 1.82) is 0 Å². The normalized spacial score (nSPS) is 15.1. The third-order valence-electron chi connectivity index (χ3n) is 5.19. The number of H-pyrrole nitrogens is 1. The molecule has 10 nitrogen and oxygen atoms in total. The molecule has 166 valence electrons. The molecule has 1 amide bonds. The minimum absolute atomic E-state index is 0.0522. The smallest absolute Gasteiger partial charge is 0.257 e. The number of likely N-dealkylation sites (N-methyl/N-ethyl adjacent to an activating group) is 1. The molecular weight excluding hydrogens is 410 g/mol. The van der Waals surface area contributed by atoms with Crippen LogP contribution in [0.4, 0.5) is 0 Å². The lowest BCUT2D eigenvalue weighted by molar-refractivity contribution is 0.0303. The van der Waals surface area contributed by atoms with E-state index >= 15 is 0 Å². The largest absolute Gasteiger partial charge is 0.458 e. The number of carbonyl (C=O) groups is 1. The number of ether oxygens (including phenoxy) is 1. The average molecular weight is 440 g/mol. The summed E-state index contributed by atoms with van der Waals surface area (Å²) >= 11 is 0. The van der Waals surface area contributed by atoms with Gasteiger partial charge in [-0.1, -0.05) is 13.8 Å². The fraction of sp³-hybridized carbons (Fsp3) is 0.579. The zero-order valence-corrected chi connectivity index (χ0v) is 18.4. The van der Waals surface area contributed by atoms with Crippen LogP contribution in [0, 0.1) is 6.92 Å². The Morgan fingerprint density at radius 1 is 1.30 bits per heavy atom. The SMILES string of the molecule is CCN(CC)CCNS(=O)(=O)c1cc(-c2[nH]ncc2C(=O)N2CCOCC2)oc1C. The van der Waals surface area contributed by atoms with Gasteiger partial charge in [0.2, 0.25) is 10.0 Å². The number of amides is 1. The van der Waals surface area contributed by atoms with Crippen LogP contribution >= 0.6 is 0 Å². The molecule has 3 rings (SSSR count). The number of nitrogens with one attached hydrogen (secondary N) is 2. The second-order valence-electron chi connectivity index (χ2n) is 7.02. The van der Waals surface area contributed by atoms with Crippen molar-refractivity contribution in [3.63, 3.8) is 0 Å². The number of sulfonamides is 1. The number of carbonyl (C=O) groups excluding carboxylic acids is 1. The summed E-state index contributed by atoms with van der Waals surface area (Å²) in [5.41, 5.74) is 0.697. The second kappa shape index (κ2) is 9.73. The fourth-order valence-electron chi connectivity index (χ4n) is 3.38. The predicted molar refractivity (Wildman–Crippen MR) is 111 cm³/mol. The molecule has 0 unspecified atom stereocenters. The van der Waals surface area contributed by atoms with Crippen LogP contribution in [0.15, 0.2) is 21.6 Å². The minimum atomic E-state index is -3.74. The first-order valence-electron chi connectivity index (χ1n) is 10.1. The summed E-state index contributed by atoms with van der Waals surface area (Å²) in [6.07, 6.45) is 1.43.